The highest BCUT2D eigenvalue weighted by molar-refractivity contribution is 5.79. The summed E-state index contributed by atoms with van der Waals surface area (Å²) in [5.41, 5.74) is 2.54. The summed E-state index contributed by atoms with van der Waals surface area (Å²) in [6.07, 6.45) is 11.8. The van der Waals surface area contributed by atoms with Gasteiger partial charge in [0.1, 0.15) is 5.78 Å². The molecule has 0 heterocycles. The number of carbonyl (C=O) groups is 1. The molecule has 0 radical (unpaired) electrons. The molecule has 4 fully saturated rings. The number of ketones is 1. The van der Waals surface area contributed by atoms with Gasteiger partial charge in [0.05, 0.1) is 0 Å². The molecule has 25 heavy (non-hydrogen) atoms. The second kappa shape index (κ2) is 6.22. The van der Waals surface area contributed by atoms with Crippen LogP contribution >= 0.6 is 0 Å². The van der Waals surface area contributed by atoms with Crippen LogP contribution in [0.3, 0.4) is 0 Å². The predicted molar refractivity (Wildman–Crippen MR) is 101 cm³/mol. The summed E-state index contributed by atoms with van der Waals surface area (Å²) < 4.78 is 5.70. The highest BCUT2D eigenvalue weighted by Gasteiger charge is 2.61. The highest BCUT2D eigenvalue weighted by atomic mass is 16.5. The predicted octanol–water partition coefficient (Wildman–Crippen LogP) is 5.42. The van der Waals surface area contributed by atoms with Crippen LogP contribution in [0.1, 0.15) is 72.1 Å². The van der Waals surface area contributed by atoms with Gasteiger partial charge in [-0.3, -0.25) is 4.79 Å². The Morgan fingerprint density at radius 1 is 1.16 bits per heavy atom. The van der Waals surface area contributed by atoms with Crippen molar-refractivity contribution in [2.75, 3.05) is 13.7 Å². The van der Waals surface area contributed by atoms with E-state index >= 15 is 0 Å². The summed E-state index contributed by atoms with van der Waals surface area (Å²) in [6, 6.07) is 0. The first kappa shape index (κ1) is 17.8. The third-order valence-corrected chi connectivity index (χ3v) is 9.24. The van der Waals surface area contributed by atoms with Gasteiger partial charge in [-0.15, -0.1) is 0 Å². The van der Waals surface area contributed by atoms with Gasteiger partial charge >= 0.3 is 0 Å². The Morgan fingerprint density at radius 2 is 1.96 bits per heavy atom. The molecule has 140 valence electrons. The maximum Gasteiger partial charge on any atom is 0.133 e. The van der Waals surface area contributed by atoms with Crippen LogP contribution in [0.25, 0.3) is 0 Å². The zero-order valence-corrected chi connectivity index (χ0v) is 16.6. The molecule has 0 bridgehead atoms. The first-order valence-electron chi connectivity index (χ1n) is 10.6. The zero-order chi connectivity index (χ0) is 17.8. The Labute approximate surface area is 153 Å². The summed E-state index contributed by atoms with van der Waals surface area (Å²) in [7, 11) is 1.86. The fourth-order valence-corrected chi connectivity index (χ4v) is 7.92. The van der Waals surface area contributed by atoms with Gasteiger partial charge in [0.2, 0.25) is 0 Å². The monoisotopic (exact) mass is 344 g/mol. The van der Waals surface area contributed by atoms with Crippen LogP contribution in [0, 0.1) is 40.4 Å². The van der Waals surface area contributed by atoms with E-state index in [2.05, 4.69) is 26.8 Å². The van der Waals surface area contributed by atoms with Crippen molar-refractivity contribution < 1.29 is 9.53 Å². The molecule has 0 aromatic rings. The van der Waals surface area contributed by atoms with Gasteiger partial charge in [-0.1, -0.05) is 25.5 Å². The molecule has 0 aromatic heterocycles. The molecule has 4 rings (SSSR count). The molecule has 4 aliphatic carbocycles. The molecule has 4 saturated carbocycles. The molecule has 0 N–H and O–H groups in total. The second-order valence-electron chi connectivity index (χ2n) is 10.00. The number of ether oxygens (including phenoxy) is 1. The van der Waals surface area contributed by atoms with Crippen molar-refractivity contribution in [2.24, 2.45) is 40.4 Å². The van der Waals surface area contributed by atoms with Crippen molar-refractivity contribution >= 4 is 5.78 Å². The lowest BCUT2D eigenvalue weighted by atomic mass is 9.43. The smallest absolute Gasteiger partial charge is 0.133 e. The molecule has 0 saturated heterocycles. The number of hydrogen-bond donors (Lipinski definition) is 0. The standard InChI is InChI=1S/C23H36O2/c1-5-16-6-7-19-21-15(14-25-4)12-17-13-18(24)8-10-23(17,3)20(21)9-11-22(16,19)2/h5,15,17,19-21H,6-14H2,1-4H3/b16-5-/t15-,17-,19-,20-,21-,22+,23-/m0/s1. The Morgan fingerprint density at radius 3 is 2.68 bits per heavy atom. The number of allylic oxidation sites excluding steroid dienone is 2. The van der Waals surface area contributed by atoms with Crippen LogP contribution in [0.2, 0.25) is 0 Å². The SMILES string of the molecule is C/C=C1/CC[C@H]2[C@@H]3[C@H](COC)C[C@H]4CC(=O)CC[C@]4(C)[C@H]3CC[C@]12C. The largest absolute Gasteiger partial charge is 0.384 e. The number of rotatable bonds is 2. The molecule has 2 heteroatoms. The van der Waals surface area contributed by atoms with Crippen LogP contribution in [0.4, 0.5) is 0 Å². The molecule has 7 atom stereocenters. The molecular formula is C23H36O2. The van der Waals surface area contributed by atoms with E-state index in [-0.39, 0.29) is 0 Å². The number of carbonyl (C=O) groups excluding carboxylic acids is 1. The average Bonchev–Trinajstić information content (AvgIpc) is 2.93. The van der Waals surface area contributed by atoms with Crippen LogP contribution in [-0.2, 0) is 9.53 Å². The fourth-order valence-electron chi connectivity index (χ4n) is 7.92. The van der Waals surface area contributed by atoms with Gasteiger partial charge in [0.25, 0.3) is 0 Å². The van der Waals surface area contributed by atoms with E-state index in [1.165, 1.54) is 32.1 Å². The van der Waals surface area contributed by atoms with Gasteiger partial charge < -0.3 is 4.74 Å². The molecule has 0 aliphatic heterocycles. The van der Waals surface area contributed by atoms with E-state index < -0.39 is 0 Å². The minimum Gasteiger partial charge on any atom is -0.384 e. The van der Waals surface area contributed by atoms with E-state index in [1.807, 2.05) is 7.11 Å². The summed E-state index contributed by atoms with van der Waals surface area (Å²) >= 11 is 0. The first-order chi connectivity index (χ1) is 11.9. The quantitative estimate of drug-likeness (QED) is 0.625. The third-order valence-electron chi connectivity index (χ3n) is 9.24. The summed E-state index contributed by atoms with van der Waals surface area (Å²) in [5, 5.41) is 0. The normalized spacial score (nSPS) is 51.1. The number of Topliss-reactive ketones (excluding diaryl/α,β-unsaturated/α-hetero) is 1. The van der Waals surface area contributed by atoms with E-state index in [1.54, 1.807) is 5.57 Å². The summed E-state index contributed by atoms with van der Waals surface area (Å²) in [4.78, 5) is 12.2. The number of methoxy groups -OCH3 is 1. The first-order valence-corrected chi connectivity index (χ1v) is 10.6. The topological polar surface area (TPSA) is 26.3 Å². The van der Waals surface area contributed by atoms with Crippen molar-refractivity contribution in [1.82, 2.24) is 0 Å². The molecule has 0 aromatic carbocycles. The molecule has 4 aliphatic rings. The van der Waals surface area contributed by atoms with Crippen LogP contribution in [0.5, 0.6) is 0 Å². The van der Waals surface area contributed by atoms with Gasteiger partial charge in [0.15, 0.2) is 0 Å². The van der Waals surface area contributed by atoms with Gasteiger partial charge in [-0.2, -0.15) is 0 Å². The maximum atomic E-state index is 12.2. The fraction of sp³-hybridized carbons (Fsp3) is 0.870. The van der Waals surface area contributed by atoms with Crippen molar-refractivity contribution in [3.63, 3.8) is 0 Å². The second-order valence-corrected chi connectivity index (χ2v) is 10.00. The lowest BCUT2D eigenvalue weighted by molar-refractivity contribution is -0.151. The Kier molecular flexibility index (Phi) is 4.42. The summed E-state index contributed by atoms with van der Waals surface area (Å²) in [6.45, 7) is 8.23. The van der Waals surface area contributed by atoms with Crippen molar-refractivity contribution in [3.05, 3.63) is 11.6 Å². The van der Waals surface area contributed by atoms with Crippen molar-refractivity contribution in [3.8, 4) is 0 Å². The Balaban J connectivity index is 1.71. The molecular weight excluding hydrogens is 308 g/mol. The Hall–Kier alpha value is -0.630. The number of hydrogen-bond acceptors (Lipinski definition) is 2. The number of fused-ring (bicyclic) bond motifs is 5. The molecule has 0 amide bonds. The molecule has 0 spiro atoms. The van der Waals surface area contributed by atoms with Crippen molar-refractivity contribution in [2.45, 2.75) is 72.1 Å². The van der Waals surface area contributed by atoms with E-state index in [4.69, 9.17) is 4.74 Å². The van der Waals surface area contributed by atoms with Crippen LogP contribution < -0.4 is 0 Å². The van der Waals surface area contributed by atoms with Crippen molar-refractivity contribution in [1.29, 1.82) is 0 Å². The third kappa shape index (κ3) is 2.50. The lowest BCUT2D eigenvalue weighted by Gasteiger charge is -2.62. The molecule has 0 unspecified atom stereocenters. The summed E-state index contributed by atoms with van der Waals surface area (Å²) in [5.74, 6) is 4.18. The Bertz CT molecular complexity index is 579. The lowest BCUT2D eigenvalue weighted by Crippen LogP contribution is -2.56. The van der Waals surface area contributed by atoms with Crippen LogP contribution in [0.15, 0.2) is 11.6 Å². The van der Waals surface area contributed by atoms with Gasteiger partial charge in [-0.05, 0) is 85.9 Å². The minimum atomic E-state index is 0.392. The minimum absolute atomic E-state index is 0.392. The van der Waals surface area contributed by atoms with Crippen LogP contribution in [-0.4, -0.2) is 19.5 Å². The van der Waals surface area contributed by atoms with Gasteiger partial charge in [-0.25, -0.2) is 0 Å². The van der Waals surface area contributed by atoms with E-state index in [0.717, 1.165) is 43.6 Å². The van der Waals surface area contributed by atoms with Gasteiger partial charge in [0, 0.05) is 26.6 Å². The highest BCUT2D eigenvalue weighted by Crippen LogP contribution is 2.68. The van der Waals surface area contributed by atoms with E-state index in [9.17, 15) is 4.79 Å². The average molecular weight is 345 g/mol. The maximum absolute atomic E-state index is 12.2. The van der Waals surface area contributed by atoms with E-state index in [0.29, 0.717) is 28.4 Å². The molecule has 2 nitrogen and oxygen atoms in total. The zero-order valence-electron chi connectivity index (χ0n) is 16.6.